The fourth-order valence-electron chi connectivity index (χ4n) is 2.15. The number of carboxylic acids is 1. The number of hydrogen-bond donors (Lipinski definition) is 1. The molecule has 0 aliphatic rings. The molecule has 5 nitrogen and oxygen atoms in total. The van der Waals surface area contributed by atoms with Crippen molar-refractivity contribution in [3.8, 4) is 5.75 Å². The summed E-state index contributed by atoms with van der Waals surface area (Å²) in [5.74, 6) is -0.296. The van der Waals surface area contributed by atoms with Crippen LogP contribution in [0.3, 0.4) is 0 Å². The van der Waals surface area contributed by atoms with Crippen molar-refractivity contribution >= 4 is 5.97 Å². The largest absolute Gasteiger partial charge is 0.477 e. The molecule has 0 saturated carbocycles. The van der Waals surface area contributed by atoms with Crippen LogP contribution in [0.2, 0.25) is 0 Å². The molecule has 0 radical (unpaired) electrons. The van der Waals surface area contributed by atoms with Crippen molar-refractivity contribution in [2.45, 2.75) is 40.4 Å². The lowest BCUT2D eigenvalue weighted by atomic mass is 9.85. The molecule has 0 aromatic heterocycles. The van der Waals surface area contributed by atoms with Crippen LogP contribution in [0.1, 0.15) is 34.1 Å². The van der Waals surface area contributed by atoms with E-state index in [1.165, 1.54) is 0 Å². The van der Waals surface area contributed by atoms with Gasteiger partial charge in [0.15, 0.2) is 0 Å². The lowest BCUT2D eigenvalue weighted by molar-refractivity contribution is -0.364. The third-order valence-corrected chi connectivity index (χ3v) is 2.75. The predicted octanol–water partition coefficient (Wildman–Crippen LogP) is 3.50. The average Bonchev–Trinajstić information content (AvgIpc) is 2.36. The van der Waals surface area contributed by atoms with Gasteiger partial charge in [-0.1, -0.05) is 45.9 Å². The van der Waals surface area contributed by atoms with Crippen molar-refractivity contribution in [1.82, 2.24) is 0 Å². The highest BCUT2D eigenvalue weighted by atomic mass is 17.2. The summed E-state index contributed by atoms with van der Waals surface area (Å²) in [5, 5.41) is 9.08. The van der Waals surface area contributed by atoms with Crippen molar-refractivity contribution in [2.75, 3.05) is 6.61 Å². The number of rotatable bonds is 9. The molecule has 21 heavy (non-hydrogen) atoms. The Labute approximate surface area is 125 Å². The molecule has 0 aliphatic carbocycles. The minimum absolute atomic E-state index is 0.0933. The van der Waals surface area contributed by atoms with Gasteiger partial charge in [0, 0.05) is 0 Å². The topological polar surface area (TPSA) is 65.0 Å². The third-order valence-electron chi connectivity index (χ3n) is 2.75. The average molecular weight is 296 g/mol. The second kappa shape index (κ2) is 8.00. The molecule has 0 heterocycles. The van der Waals surface area contributed by atoms with E-state index < -0.39 is 12.3 Å². The highest BCUT2D eigenvalue weighted by Crippen LogP contribution is 2.25. The summed E-state index contributed by atoms with van der Waals surface area (Å²) in [7, 11) is 0. The Hall–Kier alpha value is -1.59. The van der Waals surface area contributed by atoms with E-state index in [0.717, 1.165) is 6.42 Å². The first-order chi connectivity index (χ1) is 9.80. The van der Waals surface area contributed by atoms with Crippen molar-refractivity contribution in [1.29, 1.82) is 0 Å². The molecule has 118 valence electrons. The quantitative estimate of drug-likeness (QED) is 0.429. The Morgan fingerprint density at radius 3 is 2.38 bits per heavy atom. The SMILES string of the molecule is CC(C)CC(C)(C)COOC(Oc1ccccc1)C(=O)O. The fraction of sp³-hybridized carbons (Fsp3) is 0.562. The third kappa shape index (κ3) is 7.11. The van der Waals surface area contributed by atoms with Crippen LogP contribution in [-0.4, -0.2) is 24.0 Å². The summed E-state index contributed by atoms with van der Waals surface area (Å²) in [6.45, 7) is 8.64. The minimum atomic E-state index is -1.48. The summed E-state index contributed by atoms with van der Waals surface area (Å²) in [6, 6.07) is 8.63. The van der Waals surface area contributed by atoms with Crippen LogP contribution >= 0.6 is 0 Å². The van der Waals surface area contributed by atoms with E-state index in [1.807, 2.05) is 19.9 Å². The molecule has 1 unspecified atom stereocenters. The Bertz CT molecular complexity index is 428. The van der Waals surface area contributed by atoms with Gasteiger partial charge in [-0.2, -0.15) is 4.89 Å². The zero-order valence-electron chi connectivity index (χ0n) is 13.0. The van der Waals surface area contributed by atoms with Crippen LogP contribution in [0, 0.1) is 11.3 Å². The van der Waals surface area contributed by atoms with Crippen LogP contribution < -0.4 is 4.74 Å². The van der Waals surface area contributed by atoms with Gasteiger partial charge in [-0.25, -0.2) is 9.68 Å². The Balaban J connectivity index is 2.47. The van der Waals surface area contributed by atoms with Crippen molar-refractivity contribution in [3.63, 3.8) is 0 Å². The fourth-order valence-corrected chi connectivity index (χ4v) is 2.15. The number of benzene rings is 1. The standard InChI is InChI=1S/C16H24O5/c1-12(2)10-16(3,4)11-19-21-15(14(17)18)20-13-8-6-5-7-9-13/h5-9,12,15H,10-11H2,1-4H3,(H,17,18). The first-order valence-corrected chi connectivity index (χ1v) is 7.03. The molecule has 0 fully saturated rings. The summed E-state index contributed by atoms with van der Waals surface area (Å²) < 4.78 is 5.22. The highest BCUT2D eigenvalue weighted by molar-refractivity contribution is 5.71. The Kier molecular flexibility index (Phi) is 6.65. The second-order valence-corrected chi connectivity index (χ2v) is 6.22. The number of ether oxygens (including phenoxy) is 1. The van der Waals surface area contributed by atoms with Crippen LogP contribution in [0.15, 0.2) is 30.3 Å². The monoisotopic (exact) mass is 296 g/mol. The number of carboxylic acid groups (broad SMARTS) is 1. The van der Waals surface area contributed by atoms with Crippen LogP contribution in [-0.2, 0) is 14.6 Å². The first kappa shape index (κ1) is 17.5. The van der Waals surface area contributed by atoms with Crippen LogP contribution in [0.5, 0.6) is 5.75 Å². The van der Waals surface area contributed by atoms with E-state index in [9.17, 15) is 4.79 Å². The van der Waals surface area contributed by atoms with Crippen LogP contribution in [0.4, 0.5) is 0 Å². The molecule has 5 heteroatoms. The molecular weight excluding hydrogens is 272 g/mol. The van der Waals surface area contributed by atoms with Gasteiger partial charge < -0.3 is 9.84 Å². The van der Waals surface area contributed by atoms with E-state index >= 15 is 0 Å². The van der Waals surface area contributed by atoms with Crippen molar-refractivity contribution < 1.29 is 24.4 Å². The van der Waals surface area contributed by atoms with Gasteiger partial charge in [0.1, 0.15) is 5.75 Å². The van der Waals surface area contributed by atoms with Gasteiger partial charge in [0.05, 0.1) is 6.61 Å². The second-order valence-electron chi connectivity index (χ2n) is 6.22. The number of hydrogen-bond acceptors (Lipinski definition) is 4. The molecule has 1 aromatic rings. The van der Waals surface area contributed by atoms with Crippen LogP contribution in [0.25, 0.3) is 0 Å². The maximum atomic E-state index is 11.1. The summed E-state index contributed by atoms with van der Waals surface area (Å²) >= 11 is 0. The lowest BCUT2D eigenvalue weighted by Crippen LogP contribution is -2.32. The Morgan fingerprint density at radius 1 is 1.24 bits per heavy atom. The smallest absolute Gasteiger partial charge is 0.376 e. The Morgan fingerprint density at radius 2 is 1.86 bits per heavy atom. The zero-order chi connectivity index (χ0) is 15.9. The van der Waals surface area contributed by atoms with E-state index in [2.05, 4.69) is 13.8 Å². The van der Waals surface area contributed by atoms with Gasteiger partial charge in [-0.05, 0) is 29.9 Å². The maximum absolute atomic E-state index is 11.1. The lowest BCUT2D eigenvalue weighted by Gasteiger charge is -2.26. The van der Waals surface area contributed by atoms with Gasteiger partial charge >= 0.3 is 12.3 Å². The van der Waals surface area contributed by atoms with Gasteiger partial charge in [-0.3, -0.25) is 0 Å². The molecule has 0 amide bonds. The highest BCUT2D eigenvalue weighted by Gasteiger charge is 2.25. The molecule has 0 spiro atoms. The molecule has 1 N–H and O–H groups in total. The normalized spacial score (nSPS) is 13.2. The summed E-state index contributed by atoms with van der Waals surface area (Å²) in [4.78, 5) is 21.1. The molecular formula is C16H24O5. The van der Waals surface area contributed by atoms with E-state index in [-0.39, 0.29) is 5.41 Å². The number of carbonyl (C=O) groups is 1. The van der Waals surface area contributed by atoms with Gasteiger partial charge in [0.25, 0.3) is 0 Å². The first-order valence-electron chi connectivity index (χ1n) is 7.03. The van der Waals surface area contributed by atoms with Crippen molar-refractivity contribution in [3.05, 3.63) is 30.3 Å². The molecule has 0 saturated heterocycles. The molecule has 1 atom stereocenters. The minimum Gasteiger partial charge on any atom is -0.477 e. The predicted molar refractivity (Wildman–Crippen MR) is 78.8 cm³/mol. The molecule has 1 rings (SSSR count). The number of para-hydroxylation sites is 1. The maximum Gasteiger partial charge on any atom is 0.376 e. The summed E-state index contributed by atoms with van der Waals surface area (Å²) in [6.07, 6.45) is -0.532. The molecule has 1 aromatic carbocycles. The van der Waals surface area contributed by atoms with Crippen molar-refractivity contribution in [2.24, 2.45) is 11.3 Å². The van der Waals surface area contributed by atoms with Gasteiger partial charge in [-0.15, -0.1) is 0 Å². The van der Waals surface area contributed by atoms with E-state index in [4.69, 9.17) is 19.6 Å². The molecule has 0 aliphatic heterocycles. The summed E-state index contributed by atoms with van der Waals surface area (Å²) in [5.41, 5.74) is -0.0933. The molecule has 0 bridgehead atoms. The van der Waals surface area contributed by atoms with E-state index in [0.29, 0.717) is 18.3 Å². The zero-order valence-corrected chi connectivity index (χ0v) is 13.0. The van der Waals surface area contributed by atoms with E-state index in [1.54, 1.807) is 24.3 Å². The number of aliphatic carboxylic acids is 1. The van der Waals surface area contributed by atoms with Gasteiger partial charge in [0.2, 0.25) is 0 Å².